The first-order valence-electron chi connectivity index (χ1n) is 8.41. The molecule has 0 radical (unpaired) electrons. The Bertz CT molecular complexity index is 862. The van der Waals surface area contributed by atoms with E-state index in [2.05, 4.69) is 5.32 Å². The number of hydrogen-bond acceptors (Lipinski definition) is 4. The Morgan fingerprint density at radius 2 is 2.28 bits per heavy atom. The number of ether oxygens (including phenoxy) is 2. The molecule has 3 rings (SSSR count). The molecule has 1 aliphatic heterocycles. The van der Waals surface area contributed by atoms with Gasteiger partial charge in [0.2, 0.25) is 5.43 Å². The fraction of sp³-hybridized carbons (Fsp3) is 0.444. The minimum Gasteiger partial charge on any atom is -0.487 e. The van der Waals surface area contributed by atoms with Crippen LogP contribution >= 0.6 is 11.6 Å². The third kappa shape index (κ3) is 3.50. The van der Waals surface area contributed by atoms with Crippen LogP contribution in [0.1, 0.15) is 30.6 Å². The third-order valence-corrected chi connectivity index (χ3v) is 4.43. The van der Waals surface area contributed by atoms with Crippen LogP contribution in [0.5, 0.6) is 5.75 Å². The highest BCUT2D eigenvalue weighted by Crippen LogP contribution is 2.33. The molecule has 0 fully saturated rings. The molecule has 7 heteroatoms. The zero-order chi connectivity index (χ0) is 18.0. The zero-order valence-electron chi connectivity index (χ0n) is 14.3. The van der Waals surface area contributed by atoms with Gasteiger partial charge in [-0.15, -0.1) is 0 Å². The number of nitrogens with zero attached hydrogens (tertiary/aromatic N) is 1. The molecule has 1 aromatic heterocycles. The molecule has 1 amide bonds. The van der Waals surface area contributed by atoms with E-state index >= 15 is 0 Å². The van der Waals surface area contributed by atoms with Crippen molar-refractivity contribution in [3.8, 4) is 5.75 Å². The number of benzene rings is 1. The predicted octanol–water partition coefficient (Wildman–Crippen LogP) is 2.59. The van der Waals surface area contributed by atoms with Gasteiger partial charge in [-0.2, -0.15) is 0 Å². The minimum absolute atomic E-state index is 0.0542. The van der Waals surface area contributed by atoms with Gasteiger partial charge in [-0.1, -0.05) is 11.6 Å². The highest BCUT2D eigenvalue weighted by molar-refractivity contribution is 6.35. The van der Waals surface area contributed by atoms with Crippen molar-refractivity contribution < 1.29 is 14.3 Å². The van der Waals surface area contributed by atoms with Gasteiger partial charge in [-0.05, 0) is 32.4 Å². The number of halogens is 1. The maximum Gasteiger partial charge on any atom is 0.256 e. The number of carbonyl (C=O) groups excluding carboxylic acids is 1. The summed E-state index contributed by atoms with van der Waals surface area (Å²) >= 11 is 6.24. The highest BCUT2D eigenvalue weighted by atomic mass is 35.5. The Labute approximate surface area is 150 Å². The molecule has 6 nitrogen and oxygen atoms in total. The Kier molecular flexibility index (Phi) is 5.30. The lowest BCUT2D eigenvalue weighted by molar-refractivity contribution is 0.0942. The van der Waals surface area contributed by atoms with Gasteiger partial charge in [0.05, 0.1) is 22.5 Å². The van der Waals surface area contributed by atoms with Crippen LogP contribution in [0.4, 0.5) is 0 Å². The van der Waals surface area contributed by atoms with Crippen molar-refractivity contribution in [3.63, 3.8) is 0 Å². The first-order chi connectivity index (χ1) is 12.0. The number of aromatic nitrogens is 1. The average Bonchev–Trinajstić information content (AvgIpc) is 2.58. The molecule has 25 heavy (non-hydrogen) atoms. The minimum atomic E-state index is -0.396. The molecule has 0 bridgehead atoms. The van der Waals surface area contributed by atoms with E-state index in [9.17, 15) is 9.59 Å². The van der Waals surface area contributed by atoms with E-state index in [0.717, 1.165) is 0 Å². The first kappa shape index (κ1) is 17.8. The maximum atomic E-state index is 12.8. The summed E-state index contributed by atoms with van der Waals surface area (Å²) in [5.74, 6) is 0.215. The van der Waals surface area contributed by atoms with Crippen LogP contribution in [0.2, 0.25) is 5.02 Å². The molecule has 0 aliphatic carbocycles. The fourth-order valence-electron chi connectivity index (χ4n) is 3.01. The van der Waals surface area contributed by atoms with Crippen molar-refractivity contribution in [1.29, 1.82) is 0 Å². The van der Waals surface area contributed by atoms with E-state index in [1.54, 1.807) is 18.3 Å². The van der Waals surface area contributed by atoms with Gasteiger partial charge in [0.15, 0.2) is 0 Å². The summed E-state index contributed by atoms with van der Waals surface area (Å²) in [5.41, 5.74) is 0.360. The second kappa shape index (κ2) is 7.45. The van der Waals surface area contributed by atoms with Gasteiger partial charge in [0, 0.05) is 26.0 Å². The lowest BCUT2D eigenvalue weighted by atomic mass is 10.1. The van der Waals surface area contributed by atoms with E-state index in [-0.39, 0.29) is 17.1 Å². The summed E-state index contributed by atoms with van der Waals surface area (Å²) < 4.78 is 12.9. The summed E-state index contributed by atoms with van der Waals surface area (Å²) in [6, 6.07) is 3.39. The second-order valence-corrected chi connectivity index (χ2v) is 6.44. The number of nitrogens with one attached hydrogen (secondary N) is 1. The van der Waals surface area contributed by atoms with Crippen LogP contribution in [-0.2, 0) is 11.3 Å². The van der Waals surface area contributed by atoms with Gasteiger partial charge in [-0.25, -0.2) is 0 Å². The molecule has 0 saturated heterocycles. The molecular formula is C18H21ClN2O4. The van der Waals surface area contributed by atoms with Crippen LogP contribution < -0.4 is 15.5 Å². The lowest BCUT2D eigenvalue weighted by Crippen LogP contribution is -2.33. The van der Waals surface area contributed by atoms with Gasteiger partial charge in [0.25, 0.3) is 5.91 Å². The molecule has 1 atom stereocenters. The topological polar surface area (TPSA) is 69.6 Å². The van der Waals surface area contributed by atoms with Gasteiger partial charge >= 0.3 is 0 Å². The quantitative estimate of drug-likeness (QED) is 0.800. The van der Waals surface area contributed by atoms with Crippen molar-refractivity contribution in [1.82, 2.24) is 9.88 Å². The first-order valence-corrected chi connectivity index (χ1v) is 8.79. The number of hydrogen-bond donors (Lipinski definition) is 1. The van der Waals surface area contributed by atoms with Crippen molar-refractivity contribution >= 4 is 28.4 Å². The third-order valence-electron chi connectivity index (χ3n) is 4.12. The van der Waals surface area contributed by atoms with E-state index in [4.69, 9.17) is 21.1 Å². The molecule has 1 unspecified atom stereocenters. The van der Waals surface area contributed by atoms with E-state index in [1.165, 1.54) is 0 Å². The van der Waals surface area contributed by atoms with Crippen molar-refractivity contribution in [2.75, 3.05) is 19.8 Å². The Hall–Kier alpha value is -2.05. The molecule has 1 N–H and O–H groups in total. The number of amides is 1. The molecule has 2 aromatic rings. The largest absolute Gasteiger partial charge is 0.487 e. The average molecular weight is 365 g/mol. The van der Waals surface area contributed by atoms with Crippen LogP contribution in [-0.4, -0.2) is 36.3 Å². The van der Waals surface area contributed by atoms with E-state index in [0.29, 0.717) is 54.4 Å². The molecule has 0 saturated carbocycles. The van der Waals surface area contributed by atoms with Crippen molar-refractivity contribution in [2.24, 2.45) is 0 Å². The molecule has 2 heterocycles. The van der Waals surface area contributed by atoms with E-state index < -0.39 is 5.91 Å². The van der Waals surface area contributed by atoms with Gasteiger partial charge in [0.1, 0.15) is 17.4 Å². The Balaban J connectivity index is 1.95. The normalized spacial score (nSPS) is 15.9. The van der Waals surface area contributed by atoms with Crippen LogP contribution in [0.15, 0.2) is 23.1 Å². The van der Waals surface area contributed by atoms with Crippen molar-refractivity contribution in [3.05, 3.63) is 39.1 Å². The van der Waals surface area contributed by atoms with Crippen LogP contribution in [0.3, 0.4) is 0 Å². The zero-order valence-corrected chi connectivity index (χ0v) is 15.1. The summed E-state index contributed by atoms with van der Waals surface area (Å²) in [7, 11) is 0. The number of pyridine rings is 1. The molecule has 1 aliphatic rings. The lowest BCUT2D eigenvalue weighted by Gasteiger charge is -2.26. The monoisotopic (exact) mass is 364 g/mol. The summed E-state index contributed by atoms with van der Waals surface area (Å²) in [6.45, 7) is 6.07. The smallest absolute Gasteiger partial charge is 0.256 e. The Morgan fingerprint density at radius 3 is 3.04 bits per heavy atom. The Morgan fingerprint density at radius 1 is 1.48 bits per heavy atom. The van der Waals surface area contributed by atoms with Crippen molar-refractivity contribution in [2.45, 2.75) is 32.9 Å². The molecular weight excluding hydrogens is 344 g/mol. The van der Waals surface area contributed by atoms with Gasteiger partial charge < -0.3 is 19.4 Å². The standard InChI is InChI=1S/C18H21ClN2O4/c1-3-24-8-4-7-20-18(23)12-10-21-9-11(2)25-14-6-5-13(19)15(16(14)21)17(12)22/h5-6,10-11H,3-4,7-9H2,1-2H3,(H,20,23). The van der Waals surface area contributed by atoms with E-state index in [1.807, 2.05) is 18.4 Å². The van der Waals surface area contributed by atoms with Crippen LogP contribution in [0.25, 0.3) is 10.9 Å². The summed E-state index contributed by atoms with van der Waals surface area (Å²) in [6.07, 6.45) is 2.24. The SMILES string of the molecule is CCOCCCNC(=O)c1cn2c3c(ccc(Cl)c3c1=O)OC(C)C2. The second-order valence-electron chi connectivity index (χ2n) is 6.03. The molecule has 0 spiro atoms. The molecule has 1 aromatic carbocycles. The summed E-state index contributed by atoms with van der Waals surface area (Å²) in [4.78, 5) is 25.3. The van der Waals surface area contributed by atoms with Crippen LogP contribution in [0, 0.1) is 0 Å². The van der Waals surface area contributed by atoms with Gasteiger partial charge in [-0.3, -0.25) is 9.59 Å². The predicted molar refractivity (Wildman–Crippen MR) is 96.8 cm³/mol. The maximum absolute atomic E-state index is 12.8. The fourth-order valence-corrected chi connectivity index (χ4v) is 3.25. The molecule has 134 valence electrons. The number of rotatable bonds is 6. The summed E-state index contributed by atoms with van der Waals surface area (Å²) in [5, 5.41) is 3.42. The highest BCUT2D eigenvalue weighted by Gasteiger charge is 2.24. The number of carbonyl (C=O) groups is 1.